The van der Waals surface area contributed by atoms with Crippen molar-refractivity contribution in [2.24, 2.45) is 5.73 Å². The van der Waals surface area contributed by atoms with Crippen LogP contribution in [0.15, 0.2) is 12.1 Å². The van der Waals surface area contributed by atoms with Crippen LogP contribution in [-0.2, 0) is 6.42 Å². The first kappa shape index (κ1) is 14.6. The molecule has 0 fully saturated rings. The predicted octanol–water partition coefficient (Wildman–Crippen LogP) is 2.38. The van der Waals surface area contributed by atoms with Crippen LogP contribution in [0.2, 0.25) is 0 Å². The summed E-state index contributed by atoms with van der Waals surface area (Å²) in [5.41, 5.74) is 6.87. The zero-order valence-electron chi connectivity index (χ0n) is 11.7. The van der Waals surface area contributed by atoms with E-state index in [1.165, 1.54) is 0 Å². The minimum Gasteiger partial charge on any atom is -0.496 e. The first-order valence-corrected chi connectivity index (χ1v) is 6.25. The molecule has 0 amide bonds. The smallest absolute Gasteiger partial charge is 0.164 e. The summed E-state index contributed by atoms with van der Waals surface area (Å²) in [7, 11) is 3.28. The lowest BCUT2D eigenvalue weighted by atomic mass is 10.1. The van der Waals surface area contributed by atoms with E-state index in [0.29, 0.717) is 12.4 Å². The number of ether oxygens (including phenoxy) is 3. The van der Waals surface area contributed by atoms with Crippen LogP contribution in [0.5, 0.6) is 17.2 Å². The molecule has 0 saturated carbocycles. The van der Waals surface area contributed by atoms with Gasteiger partial charge in [0, 0.05) is 12.1 Å². The maximum absolute atomic E-state index is 5.83. The van der Waals surface area contributed by atoms with Crippen molar-refractivity contribution in [1.29, 1.82) is 0 Å². The van der Waals surface area contributed by atoms with E-state index >= 15 is 0 Å². The number of methoxy groups -OCH3 is 2. The molecule has 4 nitrogen and oxygen atoms in total. The van der Waals surface area contributed by atoms with Crippen molar-refractivity contribution < 1.29 is 14.2 Å². The van der Waals surface area contributed by atoms with E-state index in [4.69, 9.17) is 19.9 Å². The highest BCUT2D eigenvalue weighted by Gasteiger charge is 2.13. The Morgan fingerprint density at radius 1 is 1.11 bits per heavy atom. The molecule has 18 heavy (non-hydrogen) atoms. The van der Waals surface area contributed by atoms with Crippen LogP contribution in [0.4, 0.5) is 0 Å². The summed E-state index contributed by atoms with van der Waals surface area (Å²) in [5.74, 6) is 2.23. The summed E-state index contributed by atoms with van der Waals surface area (Å²) >= 11 is 0. The largest absolute Gasteiger partial charge is 0.496 e. The third-order valence-electron chi connectivity index (χ3n) is 2.57. The van der Waals surface area contributed by atoms with Gasteiger partial charge in [-0.05, 0) is 31.4 Å². The monoisotopic (exact) mass is 253 g/mol. The second-order valence-corrected chi connectivity index (χ2v) is 4.34. The Labute approximate surface area is 109 Å². The van der Waals surface area contributed by atoms with Crippen LogP contribution < -0.4 is 19.9 Å². The van der Waals surface area contributed by atoms with Crippen LogP contribution in [0.3, 0.4) is 0 Å². The molecule has 1 atom stereocenters. The standard InChI is InChI=1S/C14H23NO3/c1-5-6-18-14-9-12(16-3)11(7-10(2)15)8-13(14)17-4/h8-10H,5-7,15H2,1-4H3/t10-/m0/s1. The number of nitrogens with two attached hydrogens (primary N) is 1. The molecule has 1 aromatic rings. The fourth-order valence-electron chi connectivity index (χ4n) is 1.76. The molecule has 0 bridgehead atoms. The highest BCUT2D eigenvalue weighted by atomic mass is 16.5. The summed E-state index contributed by atoms with van der Waals surface area (Å²) in [6, 6.07) is 3.88. The predicted molar refractivity (Wildman–Crippen MR) is 72.7 cm³/mol. The van der Waals surface area contributed by atoms with Gasteiger partial charge in [0.1, 0.15) is 5.75 Å². The van der Waals surface area contributed by atoms with Crippen molar-refractivity contribution in [1.82, 2.24) is 0 Å². The van der Waals surface area contributed by atoms with Gasteiger partial charge in [-0.2, -0.15) is 0 Å². The molecule has 0 unspecified atom stereocenters. The quantitative estimate of drug-likeness (QED) is 0.810. The maximum atomic E-state index is 5.83. The van der Waals surface area contributed by atoms with Crippen molar-refractivity contribution in [2.45, 2.75) is 32.7 Å². The lowest BCUT2D eigenvalue weighted by molar-refractivity contribution is 0.291. The van der Waals surface area contributed by atoms with Gasteiger partial charge in [-0.3, -0.25) is 0 Å². The van der Waals surface area contributed by atoms with E-state index in [2.05, 4.69) is 6.92 Å². The molecule has 1 aromatic carbocycles. The lowest BCUT2D eigenvalue weighted by Gasteiger charge is -2.16. The number of rotatable bonds is 7. The fourth-order valence-corrected chi connectivity index (χ4v) is 1.76. The molecule has 4 heteroatoms. The average molecular weight is 253 g/mol. The second-order valence-electron chi connectivity index (χ2n) is 4.34. The summed E-state index contributed by atoms with van der Waals surface area (Å²) < 4.78 is 16.4. The van der Waals surface area contributed by atoms with Gasteiger partial charge in [0.05, 0.1) is 20.8 Å². The third kappa shape index (κ3) is 3.81. The SMILES string of the molecule is CCCOc1cc(OC)c(C[C@H](C)N)cc1OC. The minimum atomic E-state index is 0.0750. The topological polar surface area (TPSA) is 53.7 Å². The van der Waals surface area contributed by atoms with E-state index in [9.17, 15) is 0 Å². The van der Waals surface area contributed by atoms with Crippen molar-refractivity contribution in [3.8, 4) is 17.2 Å². The Bertz CT molecular complexity index is 378. The fraction of sp³-hybridized carbons (Fsp3) is 0.571. The summed E-state index contributed by atoms with van der Waals surface area (Å²) in [6.45, 7) is 4.69. The van der Waals surface area contributed by atoms with Crippen LogP contribution in [-0.4, -0.2) is 26.9 Å². The Hall–Kier alpha value is -1.42. The van der Waals surface area contributed by atoms with Gasteiger partial charge >= 0.3 is 0 Å². The second kappa shape index (κ2) is 7.11. The molecule has 0 heterocycles. The zero-order valence-corrected chi connectivity index (χ0v) is 11.7. The zero-order chi connectivity index (χ0) is 13.5. The van der Waals surface area contributed by atoms with Crippen molar-refractivity contribution in [2.75, 3.05) is 20.8 Å². The molecule has 0 aliphatic heterocycles. The molecule has 0 saturated heterocycles. The average Bonchev–Trinajstić information content (AvgIpc) is 2.35. The van der Waals surface area contributed by atoms with Gasteiger partial charge in [0.2, 0.25) is 0 Å². The molecule has 1 rings (SSSR count). The van der Waals surface area contributed by atoms with Gasteiger partial charge < -0.3 is 19.9 Å². The van der Waals surface area contributed by atoms with Gasteiger partial charge in [-0.1, -0.05) is 6.92 Å². The van der Waals surface area contributed by atoms with Crippen LogP contribution in [0.25, 0.3) is 0 Å². The Morgan fingerprint density at radius 3 is 2.28 bits per heavy atom. The first-order chi connectivity index (χ1) is 8.62. The Morgan fingerprint density at radius 2 is 1.78 bits per heavy atom. The van der Waals surface area contributed by atoms with E-state index in [-0.39, 0.29) is 6.04 Å². The highest BCUT2D eigenvalue weighted by Crippen LogP contribution is 2.35. The van der Waals surface area contributed by atoms with Crippen molar-refractivity contribution in [3.05, 3.63) is 17.7 Å². The number of hydrogen-bond acceptors (Lipinski definition) is 4. The summed E-state index contributed by atoms with van der Waals surface area (Å²) in [6.07, 6.45) is 1.70. The molecule has 0 radical (unpaired) electrons. The van der Waals surface area contributed by atoms with Crippen molar-refractivity contribution >= 4 is 0 Å². The third-order valence-corrected chi connectivity index (χ3v) is 2.57. The van der Waals surface area contributed by atoms with Gasteiger partial charge in [-0.15, -0.1) is 0 Å². The van der Waals surface area contributed by atoms with Crippen LogP contribution in [0, 0.1) is 0 Å². The maximum Gasteiger partial charge on any atom is 0.164 e. The number of hydrogen-bond donors (Lipinski definition) is 1. The number of benzene rings is 1. The van der Waals surface area contributed by atoms with Crippen molar-refractivity contribution in [3.63, 3.8) is 0 Å². The Balaban J connectivity index is 3.06. The van der Waals surface area contributed by atoms with E-state index in [0.717, 1.165) is 29.9 Å². The van der Waals surface area contributed by atoms with E-state index in [1.54, 1.807) is 14.2 Å². The molecule has 0 spiro atoms. The molecule has 0 aromatic heterocycles. The Kier molecular flexibility index (Phi) is 5.78. The minimum absolute atomic E-state index is 0.0750. The summed E-state index contributed by atoms with van der Waals surface area (Å²) in [4.78, 5) is 0. The van der Waals surface area contributed by atoms with Crippen LogP contribution >= 0.6 is 0 Å². The molecule has 102 valence electrons. The van der Waals surface area contributed by atoms with Gasteiger partial charge in [0.25, 0.3) is 0 Å². The normalized spacial score (nSPS) is 12.1. The van der Waals surface area contributed by atoms with Crippen LogP contribution in [0.1, 0.15) is 25.8 Å². The van der Waals surface area contributed by atoms with Gasteiger partial charge in [-0.25, -0.2) is 0 Å². The molecule has 0 aliphatic carbocycles. The van der Waals surface area contributed by atoms with E-state index < -0.39 is 0 Å². The lowest BCUT2D eigenvalue weighted by Crippen LogP contribution is -2.18. The highest BCUT2D eigenvalue weighted by molar-refractivity contribution is 5.51. The first-order valence-electron chi connectivity index (χ1n) is 6.25. The molecular weight excluding hydrogens is 230 g/mol. The molecular formula is C14H23NO3. The van der Waals surface area contributed by atoms with Gasteiger partial charge in [0.15, 0.2) is 11.5 Å². The van der Waals surface area contributed by atoms with E-state index in [1.807, 2.05) is 19.1 Å². The molecule has 2 N–H and O–H groups in total. The summed E-state index contributed by atoms with van der Waals surface area (Å²) in [5, 5.41) is 0. The molecule has 0 aliphatic rings.